The Morgan fingerprint density at radius 1 is 1.22 bits per heavy atom. The largest absolute Gasteiger partial charge is 0.487 e. The molecule has 6 nitrogen and oxygen atoms in total. The molecule has 0 aliphatic rings. The predicted octanol–water partition coefficient (Wildman–Crippen LogP) is 1.33. The summed E-state index contributed by atoms with van der Waals surface area (Å²) >= 11 is 0. The third-order valence-corrected chi connectivity index (χ3v) is 2.88. The number of benzene rings is 1. The van der Waals surface area contributed by atoms with Crippen LogP contribution in [-0.2, 0) is 4.79 Å². The van der Waals surface area contributed by atoms with Crippen molar-refractivity contribution in [3.05, 3.63) is 24.3 Å². The Balaban J connectivity index is 2.48. The van der Waals surface area contributed by atoms with Gasteiger partial charge in [-0.1, -0.05) is 12.1 Å². The van der Waals surface area contributed by atoms with Gasteiger partial charge >= 0.3 is 0 Å². The lowest BCUT2D eigenvalue weighted by Crippen LogP contribution is -2.42. The van der Waals surface area contributed by atoms with E-state index in [9.17, 15) is 9.90 Å². The van der Waals surface area contributed by atoms with E-state index in [0.29, 0.717) is 24.6 Å². The highest BCUT2D eigenvalue weighted by atomic mass is 16.5. The minimum atomic E-state index is -0.634. The molecule has 0 spiro atoms. The highest BCUT2D eigenvalue weighted by Gasteiger charge is 2.14. The molecule has 0 bridgehead atoms. The predicted molar refractivity (Wildman–Crippen MR) is 89.9 cm³/mol. The van der Waals surface area contributed by atoms with Crippen LogP contribution in [0.15, 0.2) is 24.3 Å². The fourth-order valence-corrected chi connectivity index (χ4v) is 1.75. The van der Waals surface area contributed by atoms with Crippen LogP contribution in [0.1, 0.15) is 27.7 Å². The van der Waals surface area contributed by atoms with Crippen LogP contribution in [0.4, 0.5) is 0 Å². The monoisotopic (exact) mass is 324 g/mol. The second kappa shape index (κ2) is 9.37. The van der Waals surface area contributed by atoms with Crippen molar-refractivity contribution < 1.29 is 19.4 Å². The van der Waals surface area contributed by atoms with Gasteiger partial charge in [-0.05, 0) is 39.8 Å². The molecule has 0 heterocycles. The molecular formula is C17H28N2O4. The molecule has 0 aliphatic carbocycles. The standard InChI is InChI=1S/C17H28N2O4/c1-5-18-16(21)12-23-15-9-7-6-8-14(15)22-11-13(20)10-19-17(2,3)4/h6-9,13,19-20H,5,10-12H2,1-4H3,(H,18,21). The lowest BCUT2D eigenvalue weighted by atomic mass is 10.1. The molecule has 23 heavy (non-hydrogen) atoms. The van der Waals surface area contributed by atoms with E-state index in [1.807, 2.05) is 33.8 Å². The van der Waals surface area contributed by atoms with Gasteiger partial charge in [0.15, 0.2) is 18.1 Å². The van der Waals surface area contributed by atoms with Gasteiger partial charge < -0.3 is 25.2 Å². The van der Waals surface area contributed by atoms with Crippen molar-refractivity contribution in [1.82, 2.24) is 10.6 Å². The van der Waals surface area contributed by atoms with Crippen LogP contribution in [0.25, 0.3) is 0 Å². The maximum Gasteiger partial charge on any atom is 0.257 e. The molecule has 6 heteroatoms. The Kier molecular flexibility index (Phi) is 7.85. The first-order valence-corrected chi connectivity index (χ1v) is 7.86. The highest BCUT2D eigenvalue weighted by Crippen LogP contribution is 2.26. The zero-order valence-electron chi connectivity index (χ0n) is 14.4. The van der Waals surface area contributed by atoms with E-state index in [4.69, 9.17) is 9.47 Å². The number of nitrogens with one attached hydrogen (secondary N) is 2. The molecule has 0 radical (unpaired) electrons. The Hall–Kier alpha value is -1.79. The van der Waals surface area contributed by atoms with Crippen molar-refractivity contribution in [3.8, 4) is 11.5 Å². The number of carbonyl (C=O) groups is 1. The summed E-state index contributed by atoms with van der Waals surface area (Å²) in [6, 6.07) is 7.09. The fraction of sp³-hybridized carbons (Fsp3) is 0.588. The van der Waals surface area contributed by atoms with Crippen LogP contribution < -0.4 is 20.1 Å². The van der Waals surface area contributed by atoms with E-state index in [0.717, 1.165) is 0 Å². The van der Waals surface area contributed by atoms with Gasteiger partial charge in [-0.25, -0.2) is 0 Å². The normalized spacial score (nSPS) is 12.6. The number of hydrogen-bond acceptors (Lipinski definition) is 5. The van der Waals surface area contributed by atoms with Crippen LogP contribution in [0.5, 0.6) is 11.5 Å². The molecule has 1 amide bonds. The number of β-amino-alcohol motifs (C(OH)–C–C–N with tert-alkyl or cyclic N) is 1. The zero-order chi connectivity index (χ0) is 17.3. The molecular weight excluding hydrogens is 296 g/mol. The van der Waals surface area contributed by atoms with Gasteiger partial charge in [-0.3, -0.25) is 4.79 Å². The summed E-state index contributed by atoms with van der Waals surface area (Å²) in [6.45, 7) is 9.02. The first kappa shape index (κ1) is 19.3. The second-order valence-electron chi connectivity index (χ2n) is 6.28. The SMILES string of the molecule is CCNC(=O)COc1ccccc1OCC(O)CNC(C)(C)C. The molecule has 1 rings (SSSR count). The number of rotatable bonds is 9. The van der Waals surface area contributed by atoms with Crippen LogP contribution >= 0.6 is 0 Å². The number of carbonyl (C=O) groups excluding carboxylic acids is 1. The molecule has 1 aromatic carbocycles. The van der Waals surface area contributed by atoms with Crippen LogP contribution in [0.3, 0.4) is 0 Å². The molecule has 0 aromatic heterocycles. The first-order chi connectivity index (χ1) is 10.8. The second-order valence-corrected chi connectivity index (χ2v) is 6.28. The third kappa shape index (κ3) is 8.42. The van der Waals surface area contributed by atoms with Crippen LogP contribution in [-0.4, -0.2) is 49.0 Å². The van der Waals surface area contributed by atoms with Gasteiger partial charge in [0.1, 0.15) is 12.7 Å². The van der Waals surface area contributed by atoms with Crippen molar-refractivity contribution in [2.24, 2.45) is 0 Å². The number of amides is 1. The lowest BCUT2D eigenvalue weighted by molar-refractivity contribution is -0.123. The van der Waals surface area contributed by atoms with Crippen LogP contribution in [0, 0.1) is 0 Å². The number of aliphatic hydroxyl groups excluding tert-OH is 1. The quantitative estimate of drug-likeness (QED) is 0.638. The molecule has 0 fully saturated rings. The Bertz CT molecular complexity index is 486. The number of hydrogen-bond donors (Lipinski definition) is 3. The molecule has 3 N–H and O–H groups in total. The minimum Gasteiger partial charge on any atom is -0.487 e. The maximum atomic E-state index is 11.4. The molecule has 1 aromatic rings. The van der Waals surface area contributed by atoms with Gasteiger partial charge in [0.25, 0.3) is 5.91 Å². The summed E-state index contributed by atoms with van der Waals surface area (Å²) in [5.41, 5.74) is -0.0609. The molecule has 0 saturated carbocycles. The van der Waals surface area contributed by atoms with Gasteiger partial charge in [0.05, 0.1) is 0 Å². The summed E-state index contributed by atoms with van der Waals surface area (Å²) in [6.07, 6.45) is -0.634. The Labute approximate surface area is 138 Å². The topological polar surface area (TPSA) is 79.8 Å². The maximum absolute atomic E-state index is 11.4. The van der Waals surface area contributed by atoms with Crippen molar-refractivity contribution in [2.45, 2.75) is 39.3 Å². The van der Waals surface area contributed by atoms with Crippen molar-refractivity contribution in [3.63, 3.8) is 0 Å². The van der Waals surface area contributed by atoms with E-state index >= 15 is 0 Å². The Morgan fingerprint density at radius 3 is 2.39 bits per heavy atom. The number of aliphatic hydroxyl groups is 1. The summed E-state index contributed by atoms with van der Waals surface area (Å²) in [5, 5.41) is 15.8. The van der Waals surface area contributed by atoms with Crippen molar-refractivity contribution in [2.75, 3.05) is 26.3 Å². The third-order valence-electron chi connectivity index (χ3n) is 2.88. The minimum absolute atomic E-state index is 0.0609. The van der Waals surface area contributed by atoms with Crippen molar-refractivity contribution >= 4 is 5.91 Å². The number of likely N-dealkylation sites (N-methyl/N-ethyl adjacent to an activating group) is 1. The van der Waals surface area contributed by atoms with E-state index < -0.39 is 6.10 Å². The van der Waals surface area contributed by atoms with Gasteiger partial charge in [-0.2, -0.15) is 0 Å². The van der Waals surface area contributed by atoms with Crippen molar-refractivity contribution in [1.29, 1.82) is 0 Å². The lowest BCUT2D eigenvalue weighted by Gasteiger charge is -2.23. The van der Waals surface area contributed by atoms with E-state index in [1.165, 1.54) is 0 Å². The molecule has 1 atom stereocenters. The Morgan fingerprint density at radius 2 is 1.83 bits per heavy atom. The summed E-state index contributed by atoms with van der Waals surface area (Å²) < 4.78 is 11.1. The number of para-hydroxylation sites is 2. The highest BCUT2D eigenvalue weighted by molar-refractivity contribution is 5.77. The zero-order valence-corrected chi connectivity index (χ0v) is 14.4. The molecule has 1 unspecified atom stereocenters. The van der Waals surface area contributed by atoms with Gasteiger partial charge in [-0.15, -0.1) is 0 Å². The van der Waals surface area contributed by atoms with Crippen LogP contribution in [0.2, 0.25) is 0 Å². The summed E-state index contributed by atoms with van der Waals surface area (Å²) in [4.78, 5) is 11.4. The average Bonchev–Trinajstić information content (AvgIpc) is 2.49. The average molecular weight is 324 g/mol. The number of ether oxygens (including phenoxy) is 2. The summed E-state index contributed by atoms with van der Waals surface area (Å²) in [7, 11) is 0. The van der Waals surface area contributed by atoms with E-state index in [1.54, 1.807) is 18.2 Å². The van der Waals surface area contributed by atoms with E-state index in [-0.39, 0.29) is 24.7 Å². The molecule has 0 aliphatic heterocycles. The fourth-order valence-electron chi connectivity index (χ4n) is 1.75. The molecule has 130 valence electrons. The molecule has 0 saturated heterocycles. The van der Waals surface area contributed by atoms with Gasteiger partial charge in [0, 0.05) is 18.6 Å². The first-order valence-electron chi connectivity index (χ1n) is 7.86. The summed E-state index contributed by atoms with van der Waals surface area (Å²) in [5.74, 6) is 0.804. The van der Waals surface area contributed by atoms with Gasteiger partial charge in [0.2, 0.25) is 0 Å². The van der Waals surface area contributed by atoms with E-state index in [2.05, 4.69) is 10.6 Å². The smallest absolute Gasteiger partial charge is 0.257 e.